The number of nitrogens with zero attached hydrogens (tertiary/aromatic N) is 1. The van der Waals surface area contributed by atoms with Crippen LogP contribution in [0.1, 0.15) is 6.92 Å². The number of nitrogens with one attached hydrogen (secondary N) is 1. The van der Waals surface area contributed by atoms with Gasteiger partial charge in [0.05, 0.1) is 6.04 Å². The van der Waals surface area contributed by atoms with Gasteiger partial charge in [-0.25, -0.2) is 0 Å². The van der Waals surface area contributed by atoms with Crippen LogP contribution in [0.3, 0.4) is 0 Å². The molecule has 0 bridgehead atoms. The molecule has 74 valence electrons. The summed E-state index contributed by atoms with van der Waals surface area (Å²) in [4.78, 5) is 15.7. The van der Waals surface area contributed by atoms with E-state index in [9.17, 15) is 4.79 Å². The Morgan fingerprint density at radius 3 is 2.85 bits per heavy atom. The van der Waals surface area contributed by atoms with Crippen LogP contribution >= 0.6 is 11.8 Å². The Kier molecular flexibility index (Phi) is 3.71. The molecule has 5 nitrogen and oxygen atoms in total. The van der Waals surface area contributed by atoms with Crippen molar-refractivity contribution in [2.24, 2.45) is 10.9 Å². The van der Waals surface area contributed by atoms with Crippen LogP contribution in [-0.4, -0.2) is 35.9 Å². The molecule has 1 heterocycles. The fraction of sp³-hybridized carbons (Fsp3) is 0.714. The molecule has 1 aliphatic heterocycles. The fourth-order valence-electron chi connectivity index (χ4n) is 1.12. The lowest BCUT2D eigenvalue weighted by atomic mass is 10.1. The van der Waals surface area contributed by atoms with Crippen LogP contribution < -0.4 is 11.1 Å². The first-order valence-corrected chi connectivity index (χ1v) is 4.95. The second-order valence-corrected chi connectivity index (χ2v) is 3.86. The lowest BCUT2D eigenvalue weighted by molar-refractivity contribution is -0.111. The lowest BCUT2D eigenvalue weighted by Crippen LogP contribution is -2.42. The first-order valence-electron chi connectivity index (χ1n) is 3.90. The number of carbonyl (C=O) groups is 1. The first kappa shape index (κ1) is 10.5. The maximum atomic E-state index is 11.1. The highest BCUT2D eigenvalue weighted by atomic mass is 32.2. The highest BCUT2D eigenvalue weighted by molar-refractivity contribution is 8.00. The van der Waals surface area contributed by atoms with Crippen LogP contribution in [0.2, 0.25) is 0 Å². The van der Waals surface area contributed by atoms with Crippen molar-refractivity contribution < 1.29 is 9.63 Å². The van der Waals surface area contributed by atoms with E-state index in [0.717, 1.165) is 5.75 Å². The molecule has 0 aromatic heterocycles. The van der Waals surface area contributed by atoms with Gasteiger partial charge >= 0.3 is 0 Å². The molecule has 0 aliphatic carbocycles. The summed E-state index contributed by atoms with van der Waals surface area (Å²) in [5, 5.41) is 6.70. The molecule has 0 aromatic carbocycles. The van der Waals surface area contributed by atoms with Gasteiger partial charge in [-0.1, -0.05) is 5.16 Å². The molecular weight excluding hydrogens is 190 g/mol. The molecular formula is C7H13N3O2S. The maximum absolute atomic E-state index is 11.1. The quantitative estimate of drug-likeness (QED) is 0.479. The average Bonchev–Trinajstić information content (AvgIpc) is 2.46. The van der Waals surface area contributed by atoms with Gasteiger partial charge in [-0.05, 0) is 0 Å². The minimum Gasteiger partial charge on any atom is -0.399 e. The number of hydrogen-bond donors (Lipinski definition) is 2. The Morgan fingerprint density at radius 2 is 2.46 bits per heavy atom. The predicted molar refractivity (Wildman–Crippen MR) is 52.5 cm³/mol. The van der Waals surface area contributed by atoms with E-state index in [2.05, 4.69) is 15.3 Å². The molecule has 0 radical (unpaired) electrons. The standard InChI is InChI=1S/C7H13N3O2S/c1-4(11)6(10-12-2)5-3-13-7(8)9-5/h5,7,9H,3,8H2,1-2H3/b10-6+. The second kappa shape index (κ2) is 4.59. The summed E-state index contributed by atoms with van der Waals surface area (Å²) in [7, 11) is 1.42. The topological polar surface area (TPSA) is 76.7 Å². The van der Waals surface area contributed by atoms with Crippen LogP contribution in [0.5, 0.6) is 0 Å². The molecule has 0 amide bonds. The zero-order chi connectivity index (χ0) is 9.84. The van der Waals surface area contributed by atoms with Gasteiger partial charge in [0.2, 0.25) is 0 Å². The third kappa shape index (κ3) is 2.68. The number of ketones is 1. The number of nitrogens with two attached hydrogens (primary N) is 1. The summed E-state index contributed by atoms with van der Waals surface area (Å²) in [6, 6.07) is -0.0857. The predicted octanol–water partition coefficient (Wildman–Crippen LogP) is -0.475. The highest BCUT2D eigenvalue weighted by Crippen LogP contribution is 2.15. The zero-order valence-electron chi connectivity index (χ0n) is 7.61. The smallest absolute Gasteiger partial charge is 0.179 e. The van der Waals surface area contributed by atoms with Crippen molar-refractivity contribution in [3.8, 4) is 0 Å². The van der Waals surface area contributed by atoms with Gasteiger partial charge in [0.1, 0.15) is 18.3 Å². The largest absolute Gasteiger partial charge is 0.399 e. The molecule has 2 atom stereocenters. The highest BCUT2D eigenvalue weighted by Gasteiger charge is 2.28. The van der Waals surface area contributed by atoms with Crippen molar-refractivity contribution >= 4 is 23.3 Å². The van der Waals surface area contributed by atoms with Crippen LogP contribution in [0.25, 0.3) is 0 Å². The van der Waals surface area contributed by atoms with Crippen molar-refractivity contribution in [3.05, 3.63) is 0 Å². The zero-order valence-corrected chi connectivity index (χ0v) is 8.43. The normalized spacial score (nSPS) is 29.0. The molecule has 1 saturated heterocycles. The summed E-state index contributed by atoms with van der Waals surface area (Å²) in [6.07, 6.45) is 0. The Labute approximate surface area is 81.1 Å². The van der Waals surface area contributed by atoms with Crippen molar-refractivity contribution in [1.29, 1.82) is 0 Å². The van der Waals surface area contributed by atoms with E-state index in [-0.39, 0.29) is 17.3 Å². The van der Waals surface area contributed by atoms with Gasteiger partial charge in [0.15, 0.2) is 5.78 Å². The van der Waals surface area contributed by atoms with Gasteiger partial charge in [-0.15, -0.1) is 11.8 Å². The number of rotatable bonds is 3. The van der Waals surface area contributed by atoms with E-state index < -0.39 is 0 Å². The summed E-state index contributed by atoms with van der Waals surface area (Å²) in [5.74, 6) is 0.664. The van der Waals surface area contributed by atoms with E-state index in [1.54, 1.807) is 11.8 Å². The van der Waals surface area contributed by atoms with Crippen molar-refractivity contribution in [2.45, 2.75) is 18.5 Å². The number of oxime groups is 1. The molecule has 13 heavy (non-hydrogen) atoms. The average molecular weight is 203 g/mol. The molecule has 1 rings (SSSR count). The Hall–Kier alpha value is -0.590. The molecule has 1 fully saturated rings. The molecule has 3 N–H and O–H groups in total. The first-order chi connectivity index (χ1) is 6.15. The number of thioether (sulfide) groups is 1. The summed E-state index contributed by atoms with van der Waals surface area (Å²) < 4.78 is 0. The van der Waals surface area contributed by atoms with Gasteiger partial charge in [-0.2, -0.15) is 0 Å². The van der Waals surface area contributed by atoms with Crippen LogP contribution in [-0.2, 0) is 9.63 Å². The number of hydrogen-bond acceptors (Lipinski definition) is 6. The number of carbonyl (C=O) groups excluding carboxylic acids is 1. The molecule has 6 heteroatoms. The third-order valence-electron chi connectivity index (χ3n) is 1.69. The minimum absolute atomic E-state index is 0.0857. The fourth-order valence-corrected chi connectivity index (χ4v) is 2.04. The van der Waals surface area contributed by atoms with E-state index in [0.29, 0.717) is 5.71 Å². The minimum atomic E-state index is -0.119. The third-order valence-corrected chi connectivity index (χ3v) is 2.71. The van der Waals surface area contributed by atoms with Crippen LogP contribution in [0.15, 0.2) is 5.16 Å². The molecule has 0 spiro atoms. The van der Waals surface area contributed by atoms with E-state index in [4.69, 9.17) is 5.73 Å². The van der Waals surface area contributed by atoms with Crippen molar-refractivity contribution in [2.75, 3.05) is 12.9 Å². The van der Waals surface area contributed by atoms with E-state index >= 15 is 0 Å². The summed E-state index contributed by atoms with van der Waals surface area (Å²) >= 11 is 1.55. The second-order valence-electron chi connectivity index (χ2n) is 2.69. The molecule has 0 aromatic rings. The summed E-state index contributed by atoms with van der Waals surface area (Å²) in [6.45, 7) is 1.47. The Bertz CT molecular complexity index is 232. The van der Waals surface area contributed by atoms with Gasteiger partial charge in [-0.3, -0.25) is 10.1 Å². The molecule has 2 unspecified atom stereocenters. The van der Waals surface area contributed by atoms with Crippen LogP contribution in [0, 0.1) is 0 Å². The Morgan fingerprint density at radius 1 is 1.77 bits per heavy atom. The van der Waals surface area contributed by atoms with Gasteiger partial charge in [0, 0.05) is 12.7 Å². The van der Waals surface area contributed by atoms with E-state index in [1.165, 1.54) is 14.0 Å². The maximum Gasteiger partial charge on any atom is 0.179 e. The van der Waals surface area contributed by atoms with Crippen LogP contribution in [0.4, 0.5) is 0 Å². The molecule has 0 saturated carbocycles. The van der Waals surface area contributed by atoms with Gasteiger partial charge in [0.25, 0.3) is 0 Å². The summed E-state index contributed by atoms with van der Waals surface area (Å²) in [5.41, 5.74) is 5.89. The lowest BCUT2D eigenvalue weighted by Gasteiger charge is -2.10. The van der Waals surface area contributed by atoms with Gasteiger partial charge < -0.3 is 10.6 Å². The van der Waals surface area contributed by atoms with Crippen molar-refractivity contribution in [3.63, 3.8) is 0 Å². The van der Waals surface area contributed by atoms with E-state index in [1.807, 2.05) is 0 Å². The number of Topliss-reactive ketones (excluding diaryl/α,β-unsaturated/α-hetero) is 1. The monoisotopic (exact) mass is 203 g/mol. The Balaban J connectivity index is 2.66. The SMILES string of the molecule is CO/N=C(\C(C)=O)C1CSC(N)N1. The van der Waals surface area contributed by atoms with Crippen molar-refractivity contribution in [1.82, 2.24) is 5.32 Å². The molecule has 1 aliphatic rings.